The van der Waals surface area contributed by atoms with Gasteiger partial charge in [0.25, 0.3) is 0 Å². The maximum Gasteiger partial charge on any atom is 0.336 e. The molecule has 0 spiro atoms. The zero-order chi connectivity index (χ0) is 28.7. The van der Waals surface area contributed by atoms with E-state index in [1.54, 1.807) is 18.2 Å². The number of carboxylic acids is 1. The molecule has 0 fully saturated rings. The van der Waals surface area contributed by atoms with Crippen LogP contribution in [0.3, 0.4) is 0 Å². The second-order valence-corrected chi connectivity index (χ2v) is 10.5. The van der Waals surface area contributed by atoms with E-state index in [9.17, 15) is 14.7 Å². The molecule has 0 saturated heterocycles. The Kier molecular flexibility index (Phi) is 8.80. The van der Waals surface area contributed by atoms with Gasteiger partial charge in [-0.1, -0.05) is 104 Å². The molecule has 202 valence electrons. The van der Waals surface area contributed by atoms with Gasteiger partial charge in [-0.3, -0.25) is 0 Å². The second-order valence-electron chi connectivity index (χ2n) is 10.5. The lowest BCUT2D eigenvalue weighted by Crippen LogP contribution is -2.22. The second kappa shape index (κ2) is 12.4. The van der Waals surface area contributed by atoms with E-state index >= 15 is 0 Å². The largest absolute Gasteiger partial charge is 0.478 e. The summed E-state index contributed by atoms with van der Waals surface area (Å²) in [6, 6.07) is 33.6. The van der Waals surface area contributed by atoms with Crippen LogP contribution in [0.1, 0.15) is 66.7 Å². The minimum Gasteiger partial charge on any atom is -0.478 e. The highest BCUT2D eigenvalue weighted by Crippen LogP contribution is 2.36. The number of esters is 1. The molecule has 0 aliphatic rings. The Labute approximate surface area is 236 Å². The van der Waals surface area contributed by atoms with Crippen molar-refractivity contribution in [3.8, 4) is 11.1 Å². The lowest BCUT2D eigenvalue weighted by molar-refractivity contribution is -0.148. The Balaban J connectivity index is 1.75. The summed E-state index contributed by atoms with van der Waals surface area (Å²) in [7, 11) is 0. The van der Waals surface area contributed by atoms with Gasteiger partial charge in [-0.25, -0.2) is 9.59 Å². The molecule has 0 unspecified atom stereocenters. The molecule has 4 heteroatoms. The van der Waals surface area contributed by atoms with Crippen LogP contribution in [0.5, 0.6) is 0 Å². The van der Waals surface area contributed by atoms with Gasteiger partial charge in [-0.15, -0.1) is 0 Å². The minimum absolute atomic E-state index is 0.277. The van der Waals surface area contributed by atoms with E-state index in [0.717, 1.165) is 39.8 Å². The average molecular weight is 531 g/mol. The van der Waals surface area contributed by atoms with Crippen LogP contribution in [-0.2, 0) is 9.53 Å². The summed E-state index contributed by atoms with van der Waals surface area (Å²) in [4.78, 5) is 23.9. The third-order valence-corrected chi connectivity index (χ3v) is 6.44. The predicted octanol–water partition coefficient (Wildman–Crippen LogP) is 8.78. The molecule has 0 amide bonds. The number of allylic oxidation sites excluding steroid dienone is 1. The number of hydrogen-bond donors (Lipinski definition) is 1. The molecule has 4 aromatic carbocycles. The number of rotatable bonds is 8. The monoisotopic (exact) mass is 530 g/mol. The van der Waals surface area contributed by atoms with Crippen LogP contribution in [0.2, 0.25) is 0 Å². The van der Waals surface area contributed by atoms with Gasteiger partial charge in [0.05, 0.1) is 5.56 Å². The lowest BCUT2D eigenvalue weighted by atomic mass is 9.87. The molecule has 0 radical (unpaired) electrons. The Bertz CT molecular complexity index is 1540. The van der Waals surface area contributed by atoms with E-state index in [4.69, 9.17) is 4.74 Å². The highest BCUT2D eigenvalue weighted by molar-refractivity contribution is 6.00. The fraction of sp³-hybridized carbons (Fsp3) is 0.167. The number of aromatic carboxylic acids is 1. The Morgan fingerprint density at radius 3 is 1.90 bits per heavy atom. The number of hydrogen-bond acceptors (Lipinski definition) is 3. The van der Waals surface area contributed by atoms with Crippen molar-refractivity contribution in [2.75, 3.05) is 0 Å². The van der Waals surface area contributed by atoms with Gasteiger partial charge in [0, 0.05) is 6.08 Å². The first-order chi connectivity index (χ1) is 19.2. The van der Waals surface area contributed by atoms with E-state index in [0.29, 0.717) is 5.56 Å². The van der Waals surface area contributed by atoms with E-state index in [1.807, 2.05) is 75.4 Å². The molecule has 1 N–H and O–H groups in total. The molecular formula is C36H34O4. The molecule has 0 atom stereocenters. The van der Waals surface area contributed by atoms with Crippen molar-refractivity contribution >= 4 is 29.2 Å². The summed E-state index contributed by atoms with van der Waals surface area (Å²) in [5.74, 6) is -1.32. The van der Waals surface area contributed by atoms with Crippen molar-refractivity contribution in [1.82, 2.24) is 0 Å². The summed E-state index contributed by atoms with van der Waals surface area (Å²) < 4.78 is 5.37. The van der Waals surface area contributed by atoms with Gasteiger partial charge >= 0.3 is 11.9 Å². The van der Waals surface area contributed by atoms with Crippen molar-refractivity contribution < 1.29 is 19.4 Å². The summed E-state index contributed by atoms with van der Waals surface area (Å²) in [6.45, 7) is 7.68. The van der Waals surface area contributed by atoms with Crippen LogP contribution in [0.25, 0.3) is 28.3 Å². The number of ether oxygens (including phenoxy) is 1. The van der Waals surface area contributed by atoms with Gasteiger partial charge < -0.3 is 9.84 Å². The number of carboxylic acid groups (broad SMARTS) is 1. The van der Waals surface area contributed by atoms with Crippen molar-refractivity contribution in [2.45, 2.75) is 39.7 Å². The van der Waals surface area contributed by atoms with Crippen LogP contribution in [0.15, 0.2) is 109 Å². The number of carbonyl (C=O) groups is 2. The molecule has 0 saturated carbocycles. The molecule has 0 aliphatic carbocycles. The van der Waals surface area contributed by atoms with Crippen molar-refractivity contribution in [1.29, 1.82) is 0 Å². The summed E-state index contributed by atoms with van der Waals surface area (Å²) in [6.07, 6.45) is 4.03. The SMILES string of the molecule is CCC(=C(c1ccc(C=CC(=O)OC(C)(C)C)cc1)c1ccc(-c2ccccc2C(=O)O)cc1)c1ccccc1. The molecule has 4 rings (SSSR count). The molecule has 0 aliphatic heterocycles. The lowest BCUT2D eigenvalue weighted by Gasteiger charge is -2.18. The van der Waals surface area contributed by atoms with E-state index < -0.39 is 11.6 Å². The van der Waals surface area contributed by atoms with Crippen LogP contribution >= 0.6 is 0 Å². The third kappa shape index (κ3) is 7.03. The van der Waals surface area contributed by atoms with Crippen LogP contribution in [0, 0.1) is 0 Å². The van der Waals surface area contributed by atoms with Gasteiger partial charge in [-0.2, -0.15) is 0 Å². The summed E-state index contributed by atoms with van der Waals surface area (Å²) in [5.41, 5.74) is 7.72. The molecular weight excluding hydrogens is 496 g/mol. The Hall–Kier alpha value is -4.70. The van der Waals surface area contributed by atoms with Gasteiger partial charge in [-0.05, 0) is 83.9 Å². The van der Waals surface area contributed by atoms with Crippen molar-refractivity contribution in [3.05, 3.63) is 137 Å². The summed E-state index contributed by atoms with van der Waals surface area (Å²) in [5, 5.41) is 9.65. The summed E-state index contributed by atoms with van der Waals surface area (Å²) >= 11 is 0. The van der Waals surface area contributed by atoms with E-state index in [1.165, 1.54) is 11.6 Å². The van der Waals surface area contributed by atoms with Crippen LogP contribution < -0.4 is 0 Å². The fourth-order valence-corrected chi connectivity index (χ4v) is 4.68. The number of carbonyl (C=O) groups excluding carboxylic acids is 1. The molecule has 0 heterocycles. The maximum atomic E-state index is 12.1. The molecule has 0 aromatic heterocycles. The zero-order valence-electron chi connectivity index (χ0n) is 23.3. The predicted molar refractivity (Wildman–Crippen MR) is 163 cm³/mol. The third-order valence-electron chi connectivity index (χ3n) is 6.44. The standard InChI is InChI=1S/C36H34O4/c1-5-30(26-11-7-6-8-12-26)34(28-18-15-25(16-19-28)17-24-33(37)40-36(2,3)4)29-22-20-27(21-23-29)31-13-9-10-14-32(31)35(38)39/h6-24H,5H2,1-4H3,(H,38,39). The smallest absolute Gasteiger partial charge is 0.336 e. The van der Waals surface area contributed by atoms with Crippen LogP contribution in [0.4, 0.5) is 0 Å². The van der Waals surface area contributed by atoms with Crippen LogP contribution in [-0.4, -0.2) is 22.6 Å². The van der Waals surface area contributed by atoms with Gasteiger partial charge in [0.15, 0.2) is 0 Å². The number of benzene rings is 4. The topological polar surface area (TPSA) is 63.6 Å². The highest BCUT2D eigenvalue weighted by atomic mass is 16.6. The Morgan fingerprint density at radius 2 is 1.32 bits per heavy atom. The molecule has 0 bridgehead atoms. The molecule has 4 nitrogen and oxygen atoms in total. The van der Waals surface area contributed by atoms with Crippen molar-refractivity contribution in [3.63, 3.8) is 0 Å². The first kappa shape index (κ1) is 28.3. The fourth-order valence-electron chi connectivity index (χ4n) is 4.68. The molecule has 4 aromatic rings. The molecule has 40 heavy (non-hydrogen) atoms. The maximum absolute atomic E-state index is 12.1. The first-order valence-corrected chi connectivity index (χ1v) is 13.4. The normalized spacial score (nSPS) is 12.2. The van der Waals surface area contributed by atoms with Crippen molar-refractivity contribution in [2.24, 2.45) is 0 Å². The quantitative estimate of drug-likeness (QED) is 0.140. The van der Waals surface area contributed by atoms with Gasteiger partial charge in [0.1, 0.15) is 5.60 Å². The van der Waals surface area contributed by atoms with E-state index in [2.05, 4.69) is 43.3 Å². The van der Waals surface area contributed by atoms with E-state index in [-0.39, 0.29) is 11.5 Å². The minimum atomic E-state index is -0.946. The Morgan fingerprint density at radius 1 is 0.750 bits per heavy atom. The average Bonchev–Trinajstić information content (AvgIpc) is 2.95. The zero-order valence-corrected chi connectivity index (χ0v) is 23.3. The first-order valence-electron chi connectivity index (χ1n) is 13.4. The highest BCUT2D eigenvalue weighted by Gasteiger charge is 2.16. The van der Waals surface area contributed by atoms with Gasteiger partial charge in [0.2, 0.25) is 0 Å².